The second-order valence-electron chi connectivity index (χ2n) is 7.67. The first-order chi connectivity index (χ1) is 16.5. The monoisotopic (exact) mass is 495 g/mol. The van der Waals surface area contributed by atoms with E-state index in [9.17, 15) is 32.3 Å². The summed E-state index contributed by atoms with van der Waals surface area (Å²) in [7, 11) is 1.62. The molecule has 0 saturated heterocycles. The number of carbonyl (C=O) groups excluding carboxylic acids is 1. The molecule has 1 unspecified atom stereocenters. The molecule has 3 N–H and O–H groups in total. The van der Waals surface area contributed by atoms with E-state index in [2.05, 4.69) is 5.32 Å². The quantitative estimate of drug-likeness (QED) is 0.379. The Morgan fingerprint density at radius 2 is 1.83 bits per heavy atom. The summed E-state index contributed by atoms with van der Waals surface area (Å²) >= 11 is 0. The molecule has 1 amide bonds. The average Bonchev–Trinajstić information content (AvgIpc) is 2.79. The molecule has 2 heterocycles. The number of amides is 1. The summed E-state index contributed by atoms with van der Waals surface area (Å²) in [5, 5.41) is 20.0. The highest BCUT2D eigenvalue weighted by Crippen LogP contribution is 2.41. The van der Waals surface area contributed by atoms with Crippen LogP contribution in [-0.2, 0) is 17.5 Å². The van der Waals surface area contributed by atoms with Gasteiger partial charge in [0.15, 0.2) is 0 Å². The number of carbonyl (C=O) groups is 2. The van der Waals surface area contributed by atoms with Crippen molar-refractivity contribution in [3.63, 3.8) is 0 Å². The van der Waals surface area contributed by atoms with Crippen molar-refractivity contribution in [1.82, 2.24) is 9.88 Å². The first kappa shape index (κ1) is 25.5. The predicted octanol–water partition coefficient (Wildman–Crippen LogP) is 3.51. The fourth-order valence-electron chi connectivity index (χ4n) is 4.10. The van der Waals surface area contributed by atoms with Gasteiger partial charge in [0.25, 0.3) is 17.9 Å². The molecule has 0 bridgehead atoms. The third-order valence-corrected chi connectivity index (χ3v) is 5.67. The average molecular weight is 495 g/mol. The zero-order valence-electron chi connectivity index (χ0n) is 18.6. The molecule has 1 aliphatic rings. The first-order valence-corrected chi connectivity index (χ1v) is 10.3. The van der Waals surface area contributed by atoms with E-state index < -0.39 is 46.4 Å². The molecule has 4 rings (SSSR count). The van der Waals surface area contributed by atoms with Gasteiger partial charge in [-0.05, 0) is 36.8 Å². The Kier molecular flexibility index (Phi) is 7.04. The van der Waals surface area contributed by atoms with E-state index >= 15 is 0 Å². The number of nitrogens with one attached hydrogen (secondary N) is 1. The lowest BCUT2D eigenvalue weighted by Crippen LogP contribution is -2.40. The Morgan fingerprint density at radius 3 is 2.37 bits per heavy atom. The number of nitrogens with zero attached hydrogens (tertiary/aromatic N) is 2. The third kappa shape index (κ3) is 4.63. The summed E-state index contributed by atoms with van der Waals surface area (Å²) in [6, 6.07) is 6.11. The van der Waals surface area contributed by atoms with Crippen molar-refractivity contribution >= 4 is 29.0 Å². The molecule has 1 aromatic heterocycles. The van der Waals surface area contributed by atoms with Crippen LogP contribution in [-0.4, -0.2) is 40.8 Å². The summed E-state index contributed by atoms with van der Waals surface area (Å²) in [5.41, 5.74) is -1.10. The molecule has 2 aromatic carbocycles. The summed E-state index contributed by atoms with van der Waals surface area (Å²) in [6.45, 7) is 1.59. The fourth-order valence-corrected chi connectivity index (χ4v) is 4.10. The maximum absolute atomic E-state index is 14.4. The van der Waals surface area contributed by atoms with Crippen LogP contribution >= 0.6 is 0 Å². The summed E-state index contributed by atoms with van der Waals surface area (Å²) in [5.74, 6) is -2.11. The summed E-state index contributed by atoms with van der Waals surface area (Å²) in [6.07, 6.45) is -4.49. The molecule has 3 aromatic rings. The zero-order valence-corrected chi connectivity index (χ0v) is 18.6. The van der Waals surface area contributed by atoms with Crippen molar-refractivity contribution in [2.75, 3.05) is 18.5 Å². The van der Waals surface area contributed by atoms with E-state index in [4.69, 9.17) is 9.90 Å². The van der Waals surface area contributed by atoms with Crippen LogP contribution in [0.2, 0.25) is 0 Å². The molecule has 35 heavy (non-hydrogen) atoms. The molecule has 0 radical (unpaired) electrons. The number of carboxylic acid groups (broad SMARTS) is 1. The van der Waals surface area contributed by atoms with Gasteiger partial charge in [0, 0.05) is 19.0 Å². The Hall–Kier alpha value is -4.09. The number of hydrogen-bond donors (Lipinski definition) is 3. The van der Waals surface area contributed by atoms with Crippen LogP contribution < -0.4 is 15.8 Å². The number of likely N-dealkylation sites (N-methyl/N-ethyl adjacent to an activating group) is 1. The molecule has 0 saturated carbocycles. The normalized spacial score (nSPS) is 14.8. The SMILES string of the molecule is CCNC(=O)c1c(O)c2cc(F)cc3c2n(c1=O)CC(c1ccc(C(F)(F)F)cc1)N3C.O=CO. The largest absolute Gasteiger partial charge is 0.506 e. The van der Waals surface area contributed by atoms with Crippen LogP contribution in [0, 0.1) is 5.82 Å². The second-order valence-corrected chi connectivity index (χ2v) is 7.67. The maximum atomic E-state index is 14.4. The van der Waals surface area contributed by atoms with Crippen LogP contribution in [0.3, 0.4) is 0 Å². The molecule has 0 fully saturated rings. The number of pyridine rings is 1. The summed E-state index contributed by atoms with van der Waals surface area (Å²) in [4.78, 5) is 35.6. The molecule has 1 aliphatic heterocycles. The van der Waals surface area contributed by atoms with Crippen LogP contribution in [0.25, 0.3) is 10.9 Å². The van der Waals surface area contributed by atoms with E-state index in [0.29, 0.717) is 5.56 Å². The third-order valence-electron chi connectivity index (χ3n) is 5.67. The minimum Gasteiger partial charge on any atom is -0.506 e. The topological polar surface area (TPSA) is 112 Å². The van der Waals surface area contributed by atoms with E-state index in [1.807, 2.05) is 0 Å². The summed E-state index contributed by atoms with van der Waals surface area (Å²) < 4.78 is 54.5. The highest BCUT2D eigenvalue weighted by molar-refractivity contribution is 6.05. The second kappa shape index (κ2) is 9.65. The van der Waals surface area contributed by atoms with Crippen molar-refractivity contribution in [3.8, 4) is 5.75 Å². The smallest absolute Gasteiger partial charge is 0.416 e. The lowest BCUT2D eigenvalue weighted by molar-refractivity contribution is -0.137. The minimum atomic E-state index is -4.49. The number of hydrogen-bond acceptors (Lipinski definition) is 5. The van der Waals surface area contributed by atoms with Crippen LogP contribution in [0.15, 0.2) is 41.2 Å². The number of aromatic hydroxyl groups is 1. The Morgan fingerprint density at radius 1 is 1.23 bits per heavy atom. The Bertz CT molecular complexity index is 1340. The molecular formula is C23H21F4N3O5. The number of aromatic nitrogens is 1. The van der Waals surface area contributed by atoms with Gasteiger partial charge in [-0.15, -0.1) is 0 Å². The van der Waals surface area contributed by atoms with E-state index in [0.717, 1.165) is 18.2 Å². The van der Waals surface area contributed by atoms with Gasteiger partial charge in [-0.2, -0.15) is 13.2 Å². The van der Waals surface area contributed by atoms with Gasteiger partial charge in [0.1, 0.15) is 17.1 Å². The number of halogens is 4. The highest BCUT2D eigenvalue weighted by atomic mass is 19.4. The molecular weight excluding hydrogens is 474 g/mol. The van der Waals surface area contributed by atoms with Gasteiger partial charge in [-0.25, -0.2) is 4.39 Å². The van der Waals surface area contributed by atoms with Crippen LogP contribution in [0.1, 0.15) is 34.5 Å². The van der Waals surface area contributed by atoms with Crippen molar-refractivity contribution in [2.24, 2.45) is 0 Å². The molecule has 186 valence electrons. The predicted molar refractivity (Wildman–Crippen MR) is 119 cm³/mol. The van der Waals surface area contributed by atoms with Crippen molar-refractivity contribution in [3.05, 3.63) is 69.3 Å². The van der Waals surface area contributed by atoms with Gasteiger partial charge in [-0.3, -0.25) is 14.4 Å². The first-order valence-electron chi connectivity index (χ1n) is 10.3. The molecule has 8 nitrogen and oxygen atoms in total. The molecule has 0 aliphatic carbocycles. The number of anilines is 1. The highest BCUT2D eigenvalue weighted by Gasteiger charge is 2.34. The van der Waals surface area contributed by atoms with Crippen LogP contribution in [0.4, 0.5) is 23.2 Å². The lowest BCUT2D eigenvalue weighted by Gasteiger charge is -2.37. The molecule has 12 heteroatoms. The van der Waals surface area contributed by atoms with E-state index in [1.54, 1.807) is 18.9 Å². The van der Waals surface area contributed by atoms with E-state index in [-0.39, 0.29) is 36.2 Å². The van der Waals surface area contributed by atoms with Gasteiger partial charge >= 0.3 is 6.18 Å². The zero-order chi connectivity index (χ0) is 26.1. The fraction of sp³-hybridized carbons (Fsp3) is 0.261. The maximum Gasteiger partial charge on any atom is 0.416 e. The molecule has 0 spiro atoms. The van der Waals surface area contributed by atoms with Gasteiger partial charge in [-0.1, -0.05) is 12.1 Å². The van der Waals surface area contributed by atoms with Crippen LogP contribution in [0.5, 0.6) is 5.75 Å². The number of rotatable bonds is 3. The van der Waals surface area contributed by atoms with Gasteiger partial charge in [0.2, 0.25) is 0 Å². The Labute approximate surface area is 196 Å². The van der Waals surface area contributed by atoms with Crippen molar-refractivity contribution in [1.29, 1.82) is 0 Å². The number of alkyl halides is 3. The lowest BCUT2D eigenvalue weighted by atomic mass is 9.98. The Balaban J connectivity index is 0.00000108. The van der Waals surface area contributed by atoms with Crippen molar-refractivity contribution in [2.45, 2.75) is 25.7 Å². The van der Waals surface area contributed by atoms with E-state index in [1.165, 1.54) is 22.8 Å². The number of benzene rings is 2. The molecule has 1 atom stereocenters. The van der Waals surface area contributed by atoms with Gasteiger partial charge in [0.05, 0.1) is 29.4 Å². The van der Waals surface area contributed by atoms with Crippen molar-refractivity contribution < 1.29 is 37.4 Å². The minimum absolute atomic E-state index is 0.00132. The van der Waals surface area contributed by atoms with Gasteiger partial charge < -0.3 is 25.0 Å². The standard InChI is InChI=1S/C22H19F4N3O3.CH2O2/c1-3-27-20(31)17-19(30)14-8-13(23)9-15-18(14)29(21(17)32)10-16(28(15)2)11-4-6-12(7-5-11)22(24,25)26;2-1-3/h4-9,16,30H,3,10H2,1-2H3,(H,27,31);1H,(H,2,3).